The highest BCUT2D eigenvalue weighted by Gasteiger charge is 2.17. The monoisotopic (exact) mass is 329 g/mol. The van der Waals surface area contributed by atoms with Crippen LogP contribution in [-0.4, -0.2) is 11.7 Å². The number of hydrogen-bond acceptors (Lipinski definition) is 2. The van der Waals surface area contributed by atoms with E-state index in [4.69, 9.17) is 0 Å². The van der Waals surface area contributed by atoms with Gasteiger partial charge in [-0.3, -0.25) is 9.59 Å². The van der Waals surface area contributed by atoms with Gasteiger partial charge in [0.25, 0.3) is 0 Å². The molecule has 1 amide bonds. The fourth-order valence-electron chi connectivity index (χ4n) is 2.63. The number of carbonyl (C=O) groups is 2. The van der Waals surface area contributed by atoms with Crippen molar-refractivity contribution < 1.29 is 9.59 Å². The summed E-state index contributed by atoms with van der Waals surface area (Å²) < 4.78 is 0. The SMILES string of the molecule is C[C@@H](C(=O)Nc1ccccc1)c1cccc(C(=O)c2ccccc2)c1. The largest absolute Gasteiger partial charge is 0.326 e. The lowest BCUT2D eigenvalue weighted by Crippen LogP contribution is -2.19. The Morgan fingerprint density at radius 3 is 2.04 bits per heavy atom. The van der Waals surface area contributed by atoms with Crippen molar-refractivity contribution in [1.82, 2.24) is 0 Å². The average molecular weight is 329 g/mol. The van der Waals surface area contributed by atoms with Gasteiger partial charge in [0, 0.05) is 16.8 Å². The fraction of sp³-hybridized carbons (Fsp3) is 0.0909. The van der Waals surface area contributed by atoms with Crippen molar-refractivity contribution in [3.63, 3.8) is 0 Å². The molecule has 0 unspecified atom stereocenters. The Kier molecular flexibility index (Phi) is 5.05. The summed E-state index contributed by atoms with van der Waals surface area (Å²) in [5.41, 5.74) is 2.80. The highest BCUT2D eigenvalue weighted by atomic mass is 16.2. The van der Waals surface area contributed by atoms with E-state index < -0.39 is 0 Å². The quantitative estimate of drug-likeness (QED) is 0.692. The summed E-state index contributed by atoms with van der Waals surface area (Å²) in [6.45, 7) is 1.84. The van der Waals surface area contributed by atoms with Gasteiger partial charge in [0.1, 0.15) is 0 Å². The van der Waals surface area contributed by atoms with Gasteiger partial charge >= 0.3 is 0 Å². The molecule has 0 aromatic heterocycles. The second-order valence-corrected chi connectivity index (χ2v) is 5.90. The molecule has 1 N–H and O–H groups in total. The maximum Gasteiger partial charge on any atom is 0.231 e. The summed E-state index contributed by atoms with van der Waals surface area (Å²) >= 11 is 0. The lowest BCUT2D eigenvalue weighted by Gasteiger charge is -2.13. The molecule has 0 fully saturated rings. The van der Waals surface area contributed by atoms with Crippen LogP contribution in [0.4, 0.5) is 5.69 Å². The standard InChI is InChI=1S/C22H19NO2/c1-16(22(25)23-20-13-6-3-7-14-20)18-11-8-12-19(15-18)21(24)17-9-4-2-5-10-17/h2-16H,1H3,(H,23,25)/t16-/m1/s1. The second-order valence-electron chi connectivity index (χ2n) is 5.90. The van der Waals surface area contributed by atoms with E-state index in [0.29, 0.717) is 11.1 Å². The zero-order valence-corrected chi connectivity index (χ0v) is 14.0. The summed E-state index contributed by atoms with van der Waals surface area (Å²) in [7, 11) is 0. The summed E-state index contributed by atoms with van der Waals surface area (Å²) in [5.74, 6) is -0.502. The molecule has 3 heteroatoms. The van der Waals surface area contributed by atoms with Crippen molar-refractivity contribution >= 4 is 17.4 Å². The first-order valence-corrected chi connectivity index (χ1v) is 8.21. The van der Waals surface area contributed by atoms with Crippen LogP contribution in [0.1, 0.15) is 34.3 Å². The minimum Gasteiger partial charge on any atom is -0.326 e. The second kappa shape index (κ2) is 7.58. The highest BCUT2D eigenvalue weighted by Crippen LogP contribution is 2.20. The van der Waals surface area contributed by atoms with Crippen LogP contribution in [0, 0.1) is 0 Å². The zero-order chi connectivity index (χ0) is 17.6. The molecule has 0 saturated carbocycles. The third-order valence-corrected chi connectivity index (χ3v) is 4.12. The van der Waals surface area contributed by atoms with Gasteiger partial charge in [0.05, 0.1) is 5.92 Å². The number of nitrogens with one attached hydrogen (secondary N) is 1. The van der Waals surface area contributed by atoms with Gasteiger partial charge in [-0.2, -0.15) is 0 Å². The van der Waals surface area contributed by atoms with Crippen LogP contribution in [0.5, 0.6) is 0 Å². The van der Waals surface area contributed by atoms with Gasteiger partial charge < -0.3 is 5.32 Å². The van der Waals surface area contributed by atoms with E-state index in [1.54, 1.807) is 24.3 Å². The lowest BCUT2D eigenvalue weighted by atomic mass is 9.95. The Hall–Kier alpha value is -3.20. The number of hydrogen-bond donors (Lipinski definition) is 1. The first kappa shape index (κ1) is 16.7. The molecule has 3 nitrogen and oxygen atoms in total. The van der Waals surface area contributed by atoms with E-state index in [0.717, 1.165) is 11.3 Å². The summed E-state index contributed by atoms with van der Waals surface area (Å²) in [6, 6.07) is 25.8. The van der Waals surface area contributed by atoms with Gasteiger partial charge in [0.15, 0.2) is 5.78 Å². The van der Waals surface area contributed by atoms with Crippen LogP contribution >= 0.6 is 0 Å². The molecule has 0 radical (unpaired) electrons. The van der Waals surface area contributed by atoms with E-state index >= 15 is 0 Å². The van der Waals surface area contributed by atoms with Crippen LogP contribution in [0.15, 0.2) is 84.9 Å². The molecule has 3 aromatic rings. The Labute approximate surface area is 147 Å². The molecule has 0 bridgehead atoms. The maximum absolute atomic E-state index is 12.6. The topological polar surface area (TPSA) is 46.2 Å². The van der Waals surface area contributed by atoms with E-state index in [-0.39, 0.29) is 17.6 Å². The Morgan fingerprint density at radius 2 is 1.36 bits per heavy atom. The maximum atomic E-state index is 12.6. The van der Waals surface area contributed by atoms with Crippen LogP contribution < -0.4 is 5.32 Å². The number of ketones is 1. The first-order chi connectivity index (χ1) is 12.1. The van der Waals surface area contributed by atoms with Gasteiger partial charge in [-0.15, -0.1) is 0 Å². The fourth-order valence-corrected chi connectivity index (χ4v) is 2.63. The van der Waals surface area contributed by atoms with E-state index in [9.17, 15) is 9.59 Å². The van der Waals surface area contributed by atoms with Crippen molar-refractivity contribution in [2.45, 2.75) is 12.8 Å². The minimum atomic E-state index is -0.358. The van der Waals surface area contributed by atoms with Crippen LogP contribution in [0.3, 0.4) is 0 Å². The van der Waals surface area contributed by atoms with E-state index in [2.05, 4.69) is 5.32 Å². The molecular formula is C22H19NO2. The Morgan fingerprint density at radius 1 is 0.760 bits per heavy atom. The molecule has 124 valence electrons. The third kappa shape index (κ3) is 4.01. The summed E-state index contributed by atoms with van der Waals surface area (Å²) in [6.07, 6.45) is 0. The minimum absolute atomic E-state index is 0.0434. The van der Waals surface area contributed by atoms with E-state index in [1.807, 2.05) is 67.6 Å². The van der Waals surface area contributed by atoms with Crippen LogP contribution in [0.2, 0.25) is 0 Å². The Bertz CT molecular complexity index is 873. The normalized spacial score (nSPS) is 11.6. The molecule has 25 heavy (non-hydrogen) atoms. The summed E-state index contributed by atoms with van der Waals surface area (Å²) in [5, 5.41) is 2.90. The first-order valence-electron chi connectivity index (χ1n) is 8.21. The number of rotatable bonds is 5. The van der Waals surface area contributed by atoms with E-state index in [1.165, 1.54) is 0 Å². The highest BCUT2D eigenvalue weighted by molar-refractivity contribution is 6.09. The van der Waals surface area contributed by atoms with Crippen LogP contribution in [0.25, 0.3) is 0 Å². The molecule has 0 heterocycles. The molecule has 1 atom stereocenters. The van der Waals surface area contributed by atoms with Crippen molar-refractivity contribution in [1.29, 1.82) is 0 Å². The number of anilines is 1. The van der Waals surface area contributed by atoms with Gasteiger partial charge in [-0.05, 0) is 30.7 Å². The molecule has 0 saturated heterocycles. The molecular weight excluding hydrogens is 310 g/mol. The van der Waals surface area contributed by atoms with Crippen molar-refractivity contribution in [2.75, 3.05) is 5.32 Å². The Balaban J connectivity index is 1.79. The third-order valence-electron chi connectivity index (χ3n) is 4.12. The summed E-state index contributed by atoms with van der Waals surface area (Å²) in [4.78, 5) is 25.0. The predicted molar refractivity (Wildman–Crippen MR) is 99.8 cm³/mol. The molecule has 0 aliphatic carbocycles. The van der Waals surface area contributed by atoms with Crippen LogP contribution in [-0.2, 0) is 4.79 Å². The smallest absolute Gasteiger partial charge is 0.231 e. The number of amides is 1. The average Bonchev–Trinajstić information content (AvgIpc) is 2.68. The van der Waals surface area contributed by atoms with Crippen molar-refractivity contribution in [3.8, 4) is 0 Å². The number of benzene rings is 3. The molecule has 3 aromatic carbocycles. The molecule has 0 spiro atoms. The predicted octanol–water partition coefficient (Wildman–Crippen LogP) is 4.66. The number of para-hydroxylation sites is 1. The van der Waals surface area contributed by atoms with Gasteiger partial charge in [0.2, 0.25) is 5.91 Å². The number of carbonyl (C=O) groups excluding carboxylic acids is 2. The zero-order valence-electron chi connectivity index (χ0n) is 14.0. The molecule has 3 rings (SSSR count). The molecule has 0 aliphatic heterocycles. The van der Waals surface area contributed by atoms with Gasteiger partial charge in [-0.25, -0.2) is 0 Å². The lowest BCUT2D eigenvalue weighted by molar-refractivity contribution is -0.117. The van der Waals surface area contributed by atoms with Gasteiger partial charge in [-0.1, -0.05) is 66.7 Å². The molecule has 0 aliphatic rings. The van der Waals surface area contributed by atoms with Crippen molar-refractivity contribution in [2.24, 2.45) is 0 Å². The van der Waals surface area contributed by atoms with Crippen molar-refractivity contribution in [3.05, 3.63) is 102 Å².